The first kappa shape index (κ1) is 22.8. The molecule has 0 nitrogen and oxygen atoms in total. The monoisotopic (exact) mass is 426 g/mol. The van der Waals surface area contributed by atoms with Crippen LogP contribution in [0.2, 0.25) is 0 Å². The number of fused-ring (bicyclic) bond motifs is 7. The van der Waals surface area contributed by atoms with Gasteiger partial charge >= 0.3 is 0 Å². The Bertz CT molecular complexity index is 734. The van der Waals surface area contributed by atoms with E-state index in [0.29, 0.717) is 32.5 Å². The fourth-order valence-corrected chi connectivity index (χ4v) is 11.7. The van der Waals surface area contributed by atoms with Crippen LogP contribution in [-0.2, 0) is 0 Å². The minimum atomic E-state index is 0.545. The van der Waals surface area contributed by atoms with E-state index < -0.39 is 0 Å². The highest BCUT2D eigenvalue weighted by atomic mass is 14.7. The van der Waals surface area contributed by atoms with Crippen molar-refractivity contribution >= 4 is 0 Å². The summed E-state index contributed by atoms with van der Waals surface area (Å²) in [6.45, 7) is 24.1. The summed E-state index contributed by atoms with van der Waals surface area (Å²) in [6, 6.07) is 0. The van der Waals surface area contributed by atoms with E-state index in [4.69, 9.17) is 0 Å². The normalized spacial score (nSPS) is 60.9. The van der Waals surface area contributed by atoms with Gasteiger partial charge in [0, 0.05) is 0 Å². The fraction of sp³-hybridized carbons (Fsp3) is 1.00. The van der Waals surface area contributed by atoms with Crippen molar-refractivity contribution in [2.24, 2.45) is 62.1 Å². The third kappa shape index (κ3) is 2.78. The molecule has 4 unspecified atom stereocenters. The van der Waals surface area contributed by atoms with Gasteiger partial charge in [-0.05, 0) is 126 Å². The highest BCUT2D eigenvalue weighted by molar-refractivity contribution is 5.19. The minimum Gasteiger partial charge on any atom is -0.0622 e. The number of hydrogen-bond donors (Lipinski definition) is 0. The lowest BCUT2D eigenvalue weighted by molar-refractivity contribution is -0.260. The summed E-state index contributed by atoms with van der Waals surface area (Å²) in [5, 5.41) is 0. The van der Waals surface area contributed by atoms with Gasteiger partial charge in [0.2, 0.25) is 0 Å². The molecule has 0 spiro atoms. The highest BCUT2D eigenvalue weighted by Gasteiger charge is 2.70. The molecule has 5 fully saturated rings. The van der Waals surface area contributed by atoms with Gasteiger partial charge in [0.15, 0.2) is 0 Å². The van der Waals surface area contributed by atoms with Crippen molar-refractivity contribution in [2.75, 3.05) is 0 Å². The van der Waals surface area contributed by atoms with Gasteiger partial charge in [-0.2, -0.15) is 0 Å². The fourth-order valence-electron chi connectivity index (χ4n) is 11.7. The van der Waals surface area contributed by atoms with Crippen molar-refractivity contribution in [1.29, 1.82) is 0 Å². The van der Waals surface area contributed by atoms with Gasteiger partial charge in [-0.15, -0.1) is 0 Å². The predicted molar refractivity (Wildman–Crippen MR) is 134 cm³/mol. The van der Waals surface area contributed by atoms with Crippen LogP contribution in [0.5, 0.6) is 0 Å². The molecule has 5 aliphatic rings. The van der Waals surface area contributed by atoms with Crippen molar-refractivity contribution in [1.82, 2.24) is 0 Å². The van der Waals surface area contributed by atoms with Gasteiger partial charge in [-0.1, -0.05) is 68.7 Å². The highest BCUT2D eigenvalue weighted by Crippen LogP contribution is 2.78. The molecule has 0 aliphatic heterocycles. The number of hydrogen-bond acceptors (Lipinski definition) is 0. The van der Waals surface area contributed by atoms with Crippen molar-refractivity contribution in [3.63, 3.8) is 0 Å². The van der Waals surface area contributed by atoms with Crippen molar-refractivity contribution in [3.8, 4) is 0 Å². The molecular formula is C31H54. The standard InChI is InChI=1S/C31H54/c1-21-10-11-23-28(6,22(21)2)13-12-24-29(23,7)17-19-31(9)25-20-26(3,4)14-15-27(25,5)16-18-30(24,31)8/h21-25H,10-20H2,1-9H3/t21-,22?,23?,24-,25+,27+,28+,29?,30+,31?/m0/s1. The molecule has 0 N–H and O–H groups in total. The lowest BCUT2D eigenvalue weighted by atomic mass is 9.30. The average Bonchev–Trinajstić information content (AvgIpc) is 2.69. The minimum absolute atomic E-state index is 0.545. The molecule has 5 rings (SSSR count). The maximum atomic E-state index is 2.81. The maximum Gasteiger partial charge on any atom is -0.0235 e. The Morgan fingerprint density at radius 3 is 1.84 bits per heavy atom. The van der Waals surface area contributed by atoms with Crippen LogP contribution in [0.4, 0.5) is 0 Å². The molecule has 0 aromatic heterocycles. The van der Waals surface area contributed by atoms with E-state index in [-0.39, 0.29) is 0 Å². The van der Waals surface area contributed by atoms with Gasteiger partial charge in [0.05, 0.1) is 0 Å². The molecule has 0 heterocycles. The second kappa shape index (κ2) is 6.56. The van der Waals surface area contributed by atoms with Gasteiger partial charge < -0.3 is 0 Å². The quantitative estimate of drug-likeness (QED) is 0.361. The molecule has 0 bridgehead atoms. The van der Waals surface area contributed by atoms with Crippen LogP contribution in [-0.4, -0.2) is 0 Å². The van der Waals surface area contributed by atoms with Gasteiger partial charge in [-0.3, -0.25) is 0 Å². The third-order valence-electron chi connectivity index (χ3n) is 14.4. The Balaban J connectivity index is 1.54. The summed E-state index contributed by atoms with van der Waals surface area (Å²) in [4.78, 5) is 0. The van der Waals surface area contributed by atoms with E-state index in [0.717, 1.165) is 29.6 Å². The molecule has 0 saturated heterocycles. The lowest BCUT2D eigenvalue weighted by Crippen LogP contribution is -2.67. The molecule has 178 valence electrons. The Labute approximate surface area is 195 Å². The van der Waals surface area contributed by atoms with Gasteiger partial charge in [0.1, 0.15) is 0 Å². The van der Waals surface area contributed by atoms with Crippen molar-refractivity contribution in [2.45, 2.75) is 133 Å². The Morgan fingerprint density at radius 1 is 0.516 bits per heavy atom. The van der Waals surface area contributed by atoms with Crippen LogP contribution >= 0.6 is 0 Å². The van der Waals surface area contributed by atoms with Crippen LogP contribution in [0.15, 0.2) is 0 Å². The Morgan fingerprint density at radius 2 is 1.13 bits per heavy atom. The average molecular weight is 427 g/mol. The van der Waals surface area contributed by atoms with Crippen molar-refractivity contribution in [3.05, 3.63) is 0 Å². The molecule has 0 aromatic carbocycles. The zero-order chi connectivity index (χ0) is 22.7. The second-order valence-corrected chi connectivity index (χ2v) is 15.9. The molecule has 5 saturated carbocycles. The molecule has 10 atom stereocenters. The topological polar surface area (TPSA) is 0 Å². The zero-order valence-corrected chi connectivity index (χ0v) is 22.7. The molecule has 0 amide bonds. The molecule has 0 aromatic rings. The first-order chi connectivity index (χ1) is 14.2. The van der Waals surface area contributed by atoms with Crippen LogP contribution in [0.1, 0.15) is 133 Å². The molecule has 0 radical (unpaired) electrons. The summed E-state index contributed by atoms with van der Waals surface area (Å²) < 4.78 is 0. The molecule has 5 aliphatic carbocycles. The van der Waals surface area contributed by atoms with E-state index in [2.05, 4.69) is 62.3 Å². The summed E-state index contributed by atoms with van der Waals surface area (Å²) >= 11 is 0. The lowest BCUT2D eigenvalue weighted by Gasteiger charge is -2.75. The Kier molecular flexibility index (Phi) is 4.82. The molecule has 0 heteroatoms. The molecule has 31 heavy (non-hydrogen) atoms. The third-order valence-corrected chi connectivity index (χ3v) is 14.4. The zero-order valence-electron chi connectivity index (χ0n) is 22.7. The van der Waals surface area contributed by atoms with Crippen LogP contribution in [0, 0.1) is 62.1 Å². The van der Waals surface area contributed by atoms with E-state index in [1.807, 2.05) is 0 Å². The maximum absolute atomic E-state index is 2.81. The van der Waals surface area contributed by atoms with Crippen LogP contribution < -0.4 is 0 Å². The van der Waals surface area contributed by atoms with Crippen molar-refractivity contribution < 1.29 is 0 Å². The summed E-state index contributed by atoms with van der Waals surface area (Å²) in [7, 11) is 0. The molecular weight excluding hydrogens is 372 g/mol. The van der Waals surface area contributed by atoms with Crippen LogP contribution in [0.25, 0.3) is 0 Å². The van der Waals surface area contributed by atoms with Gasteiger partial charge in [-0.25, -0.2) is 0 Å². The summed E-state index contributed by atoms with van der Waals surface area (Å²) in [5.41, 5.74) is 3.41. The van der Waals surface area contributed by atoms with E-state index in [1.54, 1.807) is 0 Å². The predicted octanol–water partition coefficient (Wildman–Crippen LogP) is 9.52. The van der Waals surface area contributed by atoms with Gasteiger partial charge in [0.25, 0.3) is 0 Å². The SMILES string of the molecule is CC1[C@@H](C)CCC2C3(C)CCC4(C)[C@@H]5CC(C)(C)CC[C@]5(C)CC[C@]4(C)[C@H]3CC[C@]12C. The summed E-state index contributed by atoms with van der Waals surface area (Å²) in [6.07, 6.45) is 16.4. The first-order valence-corrected chi connectivity index (χ1v) is 14.2. The van der Waals surface area contributed by atoms with E-state index in [1.165, 1.54) is 70.6 Å². The first-order valence-electron chi connectivity index (χ1n) is 14.2. The second-order valence-electron chi connectivity index (χ2n) is 15.9. The van der Waals surface area contributed by atoms with Crippen LogP contribution in [0.3, 0.4) is 0 Å². The Hall–Kier alpha value is 0. The van der Waals surface area contributed by atoms with E-state index >= 15 is 0 Å². The van der Waals surface area contributed by atoms with E-state index in [9.17, 15) is 0 Å². The largest absolute Gasteiger partial charge is 0.0622 e. The summed E-state index contributed by atoms with van der Waals surface area (Å²) in [5.74, 6) is 4.67. The smallest absolute Gasteiger partial charge is 0.0235 e. The number of rotatable bonds is 0.